The molecule has 0 spiro atoms. The first-order valence-corrected chi connectivity index (χ1v) is 11.3. The van der Waals surface area contributed by atoms with Crippen LogP contribution in [0.15, 0.2) is 12.1 Å². The third-order valence-electron chi connectivity index (χ3n) is 8.01. The molecule has 0 aliphatic heterocycles. The fourth-order valence-electron chi connectivity index (χ4n) is 6.53. The first-order chi connectivity index (χ1) is 13.4. The van der Waals surface area contributed by atoms with Gasteiger partial charge in [0.15, 0.2) is 11.6 Å². The normalized spacial score (nSPS) is 35.0. The average molecular weight is 397 g/mol. The molecule has 156 valence electrons. The molecule has 1 atom stereocenters. The summed E-state index contributed by atoms with van der Waals surface area (Å²) in [7, 11) is 0. The van der Waals surface area contributed by atoms with Crippen LogP contribution in [0, 0.1) is 35.3 Å². The molecule has 1 unspecified atom stereocenters. The van der Waals surface area contributed by atoms with E-state index in [1.807, 2.05) is 0 Å². The predicted octanol–water partition coefficient (Wildman–Crippen LogP) is 7.96. The van der Waals surface area contributed by atoms with Crippen LogP contribution in [0.3, 0.4) is 0 Å². The molecule has 0 bridgehead atoms. The Morgan fingerprint density at radius 1 is 0.857 bits per heavy atom. The molecule has 0 radical (unpaired) electrons. The third kappa shape index (κ3) is 3.73. The molecule has 4 heteroatoms. The minimum Gasteiger partial charge on any atom is -0.204 e. The standard InChI is InChI=1S/C24H32F4/c1-2-3-15-4-6-16(7-5-15)17-8-10-18(11-9-17)20-14-24(27,28)22-19(20)12-13-21(25)23(22)26/h12-13,15-18,20H,2-11,14H2,1H3. The summed E-state index contributed by atoms with van der Waals surface area (Å²) < 4.78 is 56.5. The van der Waals surface area contributed by atoms with Gasteiger partial charge in [0.25, 0.3) is 5.92 Å². The molecule has 2 saturated carbocycles. The molecule has 0 saturated heterocycles. The topological polar surface area (TPSA) is 0 Å². The Balaban J connectivity index is 1.39. The van der Waals surface area contributed by atoms with Crippen LogP contribution >= 0.6 is 0 Å². The van der Waals surface area contributed by atoms with Crippen LogP contribution in [0.2, 0.25) is 0 Å². The van der Waals surface area contributed by atoms with E-state index in [9.17, 15) is 17.6 Å². The molecule has 4 rings (SSSR count). The fourth-order valence-corrected chi connectivity index (χ4v) is 6.53. The summed E-state index contributed by atoms with van der Waals surface area (Å²) in [6, 6.07) is 2.42. The van der Waals surface area contributed by atoms with Gasteiger partial charge in [-0.25, -0.2) is 17.6 Å². The Morgan fingerprint density at radius 2 is 1.43 bits per heavy atom. The number of hydrogen-bond donors (Lipinski definition) is 0. The highest BCUT2D eigenvalue weighted by molar-refractivity contribution is 5.41. The van der Waals surface area contributed by atoms with Crippen molar-refractivity contribution in [2.75, 3.05) is 0 Å². The highest BCUT2D eigenvalue weighted by Gasteiger charge is 2.50. The lowest BCUT2D eigenvalue weighted by Gasteiger charge is -2.39. The summed E-state index contributed by atoms with van der Waals surface area (Å²) in [6.07, 6.45) is 11.7. The molecule has 1 aromatic rings. The monoisotopic (exact) mass is 396 g/mol. The summed E-state index contributed by atoms with van der Waals surface area (Å²) in [5.74, 6) is -3.48. The Bertz CT molecular complexity index is 682. The maximum absolute atomic E-state index is 14.4. The molecular formula is C24H32F4. The van der Waals surface area contributed by atoms with Crippen molar-refractivity contribution in [3.63, 3.8) is 0 Å². The third-order valence-corrected chi connectivity index (χ3v) is 8.01. The largest absolute Gasteiger partial charge is 0.277 e. The van der Waals surface area contributed by atoms with Gasteiger partial charge in [0, 0.05) is 6.42 Å². The number of rotatable bonds is 4. The lowest BCUT2D eigenvalue weighted by Crippen LogP contribution is -2.27. The molecule has 3 aliphatic rings. The predicted molar refractivity (Wildman–Crippen MR) is 103 cm³/mol. The summed E-state index contributed by atoms with van der Waals surface area (Å²) in [5, 5.41) is 0. The van der Waals surface area contributed by atoms with Crippen LogP contribution in [-0.2, 0) is 5.92 Å². The molecule has 0 heterocycles. The van der Waals surface area contributed by atoms with Gasteiger partial charge in [0.1, 0.15) is 0 Å². The van der Waals surface area contributed by atoms with Crippen LogP contribution in [0.1, 0.15) is 94.6 Å². The van der Waals surface area contributed by atoms with E-state index in [1.54, 1.807) is 0 Å². The van der Waals surface area contributed by atoms with Gasteiger partial charge >= 0.3 is 0 Å². The Morgan fingerprint density at radius 3 is 2.04 bits per heavy atom. The van der Waals surface area contributed by atoms with Crippen LogP contribution in [-0.4, -0.2) is 0 Å². The van der Waals surface area contributed by atoms with Crippen LogP contribution in [0.25, 0.3) is 0 Å². The first-order valence-electron chi connectivity index (χ1n) is 11.3. The van der Waals surface area contributed by atoms with E-state index in [1.165, 1.54) is 44.6 Å². The second-order valence-corrected chi connectivity index (χ2v) is 9.59. The van der Waals surface area contributed by atoms with E-state index in [2.05, 4.69) is 6.92 Å². The maximum Gasteiger partial charge on any atom is 0.277 e. The van der Waals surface area contributed by atoms with Crippen LogP contribution < -0.4 is 0 Å². The van der Waals surface area contributed by atoms with E-state index in [0.717, 1.165) is 49.5 Å². The molecular weight excluding hydrogens is 364 g/mol. The number of alkyl halides is 2. The number of benzene rings is 1. The van der Waals surface area contributed by atoms with E-state index in [-0.39, 0.29) is 18.3 Å². The summed E-state index contributed by atoms with van der Waals surface area (Å²) in [6.45, 7) is 2.26. The van der Waals surface area contributed by atoms with E-state index >= 15 is 0 Å². The zero-order valence-electron chi connectivity index (χ0n) is 16.8. The second-order valence-electron chi connectivity index (χ2n) is 9.59. The molecule has 3 aliphatic carbocycles. The minimum atomic E-state index is -3.25. The molecule has 0 aromatic heterocycles. The van der Waals surface area contributed by atoms with Crippen LogP contribution in [0.4, 0.5) is 17.6 Å². The lowest BCUT2D eigenvalue weighted by atomic mass is 9.66. The zero-order valence-corrected chi connectivity index (χ0v) is 16.8. The Labute approximate surface area is 166 Å². The van der Waals surface area contributed by atoms with E-state index < -0.39 is 23.1 Å². The van der Waals surface area contributed by atoms with Crippen molar-refractivity contribution in [3.8, 4) is 0 Å². The van der Waals surface area contributed by atoms with Gasteiger partial charge in [-0.15, -0.1) is 0 Å². The highest BCUT2D eigenvalue weighted by Crippen LogP contribution is 2.55. The summed E-state index contributed by atoms with van der Waals surface area (Å²) >= 11 is 0. The van der Waals surface area contributed by atoms with Gasteiger partial charge in [0.2, 0.25) is 0 Å². The van der Waals surface area contributed by atoms with Gasteiger partial charge in [-0.2, -0.15) is 0 Å². The zero-order chi connectivity index (χ0) is 19.9. The Hall–Kier alpha value is -1.06. The van der Waals surface area contributed by atoms with E-state index in [4.69, 9.17) is 0 Å². The first kappa shape index (κ1) is 20.2. The molecule has 28 heavy (non-hydrogen) atoms. The van der Waals surface area contributed by atoms with Gasteiger partial charge in [0.05, 0.1) is 5.56 Å². The maximum atomic E-state index is 14.4. The summed E-state index contributed by atoms with van der Waals surface area (Å²) in [4.78, 5) is 0. The van der Waals surface area contributed by atoms with Gasteiger partial charge in [-0.05, 0) is 79.7 Å². The van der Waals surface area contributed by atoms with Gasteiger partial charge in [-0.3, -0.25) is 0 Å². The summed E-state index contributed by atoms with van der Waals surface area (Å²) in [5.41, 5.74) is -0.318. The highest BCUT2D eigenvalue weighted by atomic mass is 19.3. The smallest absolute Gasteiger partial charge is 0.204 e. The van der Waals surface area contributed by atoms with Gasteiger partial charge < -0.3 is 0 Å². The molecule has 0 amide bonds. The van der Waals surface area contributed by atoms with Crippen molar-refractivity contribution >= 4 is 0 Å². The average Bonchev–Trinajstić information content (AvgIpc) is 2.97. The lowest BCUT2D eigenvalue weighted by molar-refractivity contribution is -0.0163. The van der Waals surface area contributed by atoms with Crippen molar-refractivity contribution in [1.82, 2.24) is 0 Å². The van der Waals surface area contributed by atoms with Gasteiger partial charge in [-0.1, -0.05) is 38.7 Å². The number of hydrogen-bond acceptors (Lipinski definition) is 0. The number of halogens is 4. The van der Waals surface area contributed by atoms with E-state index in [0.29, 0.717) is 5.56 Å². The van der Waals surface area contributed by atoms with Crippen molar-refractivity contribution in [1.29, 1.82) is 0 Å². The second kappa shape index (κ2) is 7.99. The minimum absolute atomic E-state index is 0.171. The quantitative estimate of drug-likeness (QED) is 0.453. The SMILES string of the molecule is CCCC1CCC(C2CCC(C3CC(F)(F)c4c3ccc(F)c4F)CC2)CC1. The molecule has 1 aromatic carbocycles. The molecule has 0 N–H and O–H groups in total. The van der Waals surface area contributed by atoms with Crippen molar-refractivity contribution in [2.45, 2.75) is 89.4 Å². The van der Waals surface area contributed by atoms with Crippen LogP contribution in [0.5, 0.6) is 0 Å². The van der Waals surface area contributed by atoms with Crippen molar-refractivity contribution in [2.24, 2.45) is 23.7 Å². The Kier molecular flexibility index (Phi) is 5.77. The fraction of sp³-hybridized carbons (Fsp3) is 0.750. The molecule has 2 fully saturated rings. The van der Waals surface area contributed by atoms with Crippen molar-refractivity contribution in [3.05, 3.63) is 34.9 Å². The number of fused-ring (bicyclic) bond motifs is 1. The molecule has 0 nitrogen and oxygen atoms in total. The van der Waals surface area contributed by atoms with Crippen molar-refractivity contribution < 1.29 is 17.6 Å².